The van der Waals surface area contributed by atoms with Gasteiger partial charge in [-0.2, -0.15) is 0 Å². The molecule has 5 nitrogen and oxygen atoms in total. The van der Waals surface area contributed by atoms with Crippen LogP contribution in [0.5, 0.6) is 0 Å². The number of nitrogens with zero attached hydrogens (tertiary/aromatic N) is 4. The molecule has 2 aromatic rings. The molecule has 0 aliphatic rings. The monoisotopic (exact) mass is 387 g/mol. The molecule has 2 rings (SSSR count). The van der Waals surface area contributed by atoms with Crippen molar-refractivity contribution in [2.45, 2.75) is 71.5 Å². The number of aryl methyl sites for hydroxylation is 1. The van der Waals surface area contributed by atoms with Gasteiger partial charge in [-0.25, -0.2) is 4.98 Å². The fourth-order valence-corrected chi connectivity index (χ4v) is 3.44. The number of thiocarbonyl (C=S) groups is 1. The van der Waals surface area contributed by atoms with E-state index in [4.69, 9.17) is 12.2 Å². The van der Waals surface area contributed by atoms with Crippen LogP contribution in [0.25, 0.3) is 0 Å². The minimum Gasteiger partial charge on any atom is -0.360 e. The van der Waals surface area contributed by atoms with Crippen LogP contribution < -0.4 is 5.32 Å². The minimum atomic E-state index is 0.453. The van der Waals surface area contributed by atoms with Crippen molar-refractivity contribution in [1.29, 1.82) is 0 Å². The molecule has 1 atom stereocenters. The first kappa shape index (κ1) is 21.4. The van der Waals surface area contributed by atoms with Crippen LogP contribution in [-0.2, 0) is 13.1 Å². The third-order valence-corrected chi connectivity index (χ3v) is 5.14. The van der Waals surface area contributed by atoms with E-state index in [1.807, 2.05) is 37.2 Å². The molecule has 1 N–H and O–H groups in total. The summed E-state index contributed by atoms with van der Waals surface area (Å²) in [4.78, 5) is 10.6. The SMILES string of the molecule is CCCCCC(CC)NC(=S)N(CCCn1ccnc1)Cc1cccnc1. The Bertz CT molecular complexity index is 629. The molecule has 0 amide bonds. The van der Waals surface area contributed by atoms with Crippen LogP contribution in [0.4, 0.5) is 0 Å². The molecule has 148 valence electrons. The van der Waals surface area contributed by atoms with Gasteiger partial charge in [-0.05, 0) is 43.1 Å². The summed E-state index contributed by atoms with van der Waals surface area (Å²) < 4.78 is 2.11. The van der Waals surface area contributed by atoms with Gasteiger partial charge in [0.15, 0.2) is 5.11 Å². The van der Waals surface area contributed by atoms with Crippen molar-refractivity contribution in [3.8, 4) is 0 Å². The van der Waals surface area contributed by atoms with Gasteiger partial charge in [0.25, 0.3) is 0 Å². The Labute approximate surface area is 169 Å². The molecule has 6 heteroatoms. The van der Waals surface area contributed by atoms with Crippen LogP contribution >= 0.6 is 12.2 Å². The summed E-state index contributed by atoms with van der Waals surface area (Å²) >= 11 is 5.78. The van der Waals surface area contributed by atoms with E-state index in [0.29, 0.717) is 6.04 Å². The van der Waals surface area contributed by atoms with E-state index < -0.39 is 0 Å². The first-order valence-electron chi connectivity index (χ1n) is 10.1. The highest BCUT2D eigenvalue weighted by molar-refractivity contribution is 7.80. The number of hydrogen-bond donors (Lipinski definition) is 1. The summed E-state index contributed by atoms with van der Waals surface area (Å²) in [6.45, 7) is 7.12. The molecule has 0 saturated heterocycles. The zero-order chi connectivity index (χ0) is 19.3. The number of nitrogens with one attached hydrogen (secondary N) is 1. The Morgan fingerprint density at radius 1 is 1.22 bits per heavy atom. The van der Waals surface area contributed by atoms with Crippen molar-refractivity contribution in [3.05, 3.63) is 48.8 Å². The van der Waals surface area contributed by atoms with E-state index in [2.05, 4.69) is 44.7 Å². The van der Waals surface area contributed by atoms with Crippen LogP contribution in [0.2, 0.25) is 0 Å². The topological polar surface area (TPSA) is 46.0 Å². The molecule has 0 fully saturated rings. The van der Waals surface area contributed by atoms with Gasteiger partial charge in [0.05, 0.1) is 6.33 Å². The molecule has 0 aliphatic carbocycles. The molecular weight excluding hydrogens is 354 g/mol. The van der Waals surface area contributed by atoms with Crippen LogP contribution in [0, 0.1) is 0 Å². The maximum absolute atomic E-state index is 5.78. The minimum absolute atomic E-state index is 0.453. The molecule has 27 heavy (non-hydrogen) atoms. The number of pyridine rings is 1. The van der Waals surface area contributed by atoms with Gasteiger partial charge >= 0.3 is 0 Å². The first-order valence-corrected chi connectivity index (χ1v) is 10.5. The van der Waals surface area contributed by atoms with Crippen molar-refractivity contribution < 1.29 is 0 Å². The number of hydrogen-bond acceptors (Lipinski definition) is 3. The Morgan fingerprint density at radius 2 is 2.11 bits per heavy atom. The summed E-state index contributed by atoms with van der Waals surface area (Å²) in [6.07, 6.45) is 16.5. The molecule has 0 spiro atoms. The summed E-state index contributed by atoms with van der Waals surface area (Å²) in [7, 11) is 0. The quantitative estimate of drug-likeness (QED) is 0.432. The summed E-state index contributed by atoms with van der Waals surface area (Å²) in [5.74, 6) is 0. The molecule has 0 bridgehead atoms. The van der Waals surface area contributed by atoms with Crippen molar-refractivity contribution in [3.63, 3.8) is 0 Å². The van der Waals surface area contributed by atoms with Crippen molar-refractivity contribution in [2.75, 3.05) is 6.54 Å². The van der Waals surface area contributed by atoms with E-state index in [9.17, 15) is 0 Å². The molecule has 0 aromatic carbocycles. The second-order valence-electron chi connectivity index (χ2n) is 6.99. The zero-order valence-corrected chi connectivity index (χ0v) is 17.5. The lowest BCUT2D eigenvalue weighted by atomic mass is 10.1. The van der Waals surface area contributed by atoms with E-state index in [1.54, 1.807) is 0 Å². The van der Waals surface area contributed by atoms with E-state index in [-0.39, 0.29) is 0 Å². The fraction of sp³-hybridized carbons (Fsp3) is 0.571. The van der Waals surface area contributed by atoms with Gasteiger partial charge in [-0.3, -0.25) is 4.98 Å². The van der Waals surface area contributed by atoms with Gasteiger partial charge in [0.1, 0.15) is 0 Å². The maximum atomic E-state index is 5.78. The van der Waals surface area contributed by atoms with Crippen LogP contribution in [0.1, 0.15) is 57.9 Å². The second kappa shape index (κ2) is 12.4. The van der Waals surface area contributed by atoms with Crippen molar-refractivity contribution >= 4 is 17.3 Å². The number of aromatic nitrogens is 3. The Morgan fingerprint density at radius 3 is 2.78 bits per heavy atom. The predicted molar refractivity (Wildman–Crippen MR) is 115 cm³/mol. The number of imidazole rings is 1. The predicted octanol–water partition coefficient (Wildman–Crippen LogP) is 4.40. The molecule has 2 aromatic heterocycles. The Balaban J connectivity index is 1.92. The standard InChI is InChI=1S/C21H33N5S/c1-3-5-6-10-20(4-2)24-21(27)26(17-19-9-7-11-22-16-19)14-8-13-25-15-12-23-18-25/h7,9,11-12,15-16,18,20H,3-6,8,10,13-14,17H2,1-2H3,(H,24,27). The Hall–Kier alpha value is -1.95. The lowest BCUT2D eigenvalue weighted by Gasteiger charge is -2.29. The van der Waals surface area contributed by atoms with Gasteiger partial charge in [-0.1, -0.05) is 39.2 Å². The molecule has 0 aliphatic heterocycles. The zero-order valence-electron chi connectivity index (χ0n) is 16.7. The third-order valence-electron chi connectivity index (χ3n) is 4.76. The van der Waals surface area contributed by atoms with Gasteiger partial charge < -0.3 is 14.8 Å². The molecule has 2 heterocycles. The highest BCUT2D eigenvalue weighted by Crippen LogP contribution is 2.10. The fourth-order valence-electron chi connectivity index (χ4n) is 3.11. The summed E-state index contributed by atoms with van der Waals surface area (Å²) in [5, 5.41) is 4.46. The summed E-state index contributed by atoms with van der Waals surface area (Å²) in [5.41, 5.74) is 1.18. The van der Waals surface area contributed by atoms with E-state index >= 15 is 0 Å². The van der Waals surface area contributed by atoms with Crippen LogP contribution in [-0.4, -0.2) is 37.1 Å². The maximum Gasteiger partial charge on any atom is 0.169 e. The van der Waals surface area contributed by atoms with Gasteiger partial charge in [0.2, 0.25) is 0 Å². The molecule has 0 saturated carbocycles. The third kappa shape index (κ3) is 8.08. The van der Waals surface area contributed by atoms with Crippen molar-refractivity contribution in [1.82, 2.24) is 24.8 Å². The highest BCUT2D eigenvalue weighted by atomic mass is 32.1. The van der Waals surface area contributed by atoms with Gasteiger partial charge in [-0.15, -0.1) is 0 Å². The molecule has 0 radical (unpaired) electrons. The average molecular weight is 388 g/mol. The lowest BCUT2D eigenvalue weighted by molar-refractivity contribution is 0.372. The smallest absolute Gasteiger partial charge is 0.169 e. The first-order chi connectivity index (χ1) is 13.2. The average Bonchev–Trinajstić information content (AvgIpc) is 3.20. The normalized spacial score (nSPS) is 11.9. The number of unbranched alkanes of at least 4 members (excludes halogenated alkanes) is 2. The Kier molecular flexibility index (Phi) is 9.84. The largest absolute Gasteiger partial charge is 0.360 e. The lowest BCUT2D eigenvalue weighted by Crippen LogP contribution is -2.44. The molecular formula is C21H33N5S. The highest BCUT2D eigenvalue weighted by Gasteiger charge is 2.14. The van der Waals surface area contributed by atoms with Gasteiger partial charge in [0, 0.05) is 50.5 Å². The van der Waals surface area contributed by atoms with Crippen LogP contribution in [0.3, 0.4) is 0 Å². The van der Waals surface area contributed by atoms with E-state index in [0.717, 1.165) is 37.6 Å². The molecule has 1 unspecified atom stereocenters. The second-order valence-corrected chi connectivity index (χ2v) is 7.37. The van der Waals surface area contributed by atoms with Crippen molar-refractivity contribution in [2.24, 2.45) is 0 Å². The van der Waals surface area contributed by atoms with E-state index in [1.165, 1.54) is 31.2 Å². The van der Waals surface area contributed by atoms with Crippen LogP contribution in [0.15, 0.2) is 43.2 Å². The summed E-state index contributed by atoms with van der Waals surface area (Å²) in [6, 6.07) is 4.54. The number of rotatable bonds is 12.